The fourth-order valence-corrected chi connectivity index (χ4v) is 5.18. The maximum Gasteiger partial charge on any atom is 0.233 e. The molecule has 116 valence electrons. The number of thiophene rings is 1. The average molecular weight is 396 g/mol. The van der Waals surface area contributed by atoms with Gasteiger partial charge in [-0.05, 0) is 61.0 Å². The number of hydrogen-bond acceptors (Lipinski definition) is 3. The lowest BCUT2D eigenvalue weighted by atomic mass is 10.0. The Hall–Kier alpha value is -0.780. The number of fused-ring (bicyclic) bond motifs is 1. The molecule has 1 aliphatic rings. The van der Waals surface area contributed by atoms with Gasteiger partial charge in [-0.2, -0.15) is 0 Å². The van der Waals surface area contributed by atoms with Crippen molar-refractivity contribution in [3.63, 3.8) is 0 Å². The minimum absolute atomic E-state index is 0.203. The summed E-state index contributed by atoms with van der Waals surface area (Å²) in [5, 5.41) is 2.13. The fourth-order valence-electron chi connectivity index (χ4n) is 2.85. The highest BCUT2D eigenvalue weighted by Crippen LogP contribution is 2.34. The van der Waals surface area contributed by atoms with Gasteiger partial charge < -0.3 is 4.90 Å². The number of thioether (sulfide) groups is 1. The van der Waals surface area contributed by atoms with Gasteiger partial charge in [0.25, 0.3) is 0 Å². The summed E-state index contributed by atoms with van der Waals surface area (Å²) in [7, 11) is 0. The van der Waals surface area contributed by atoms with Crippen LogP contribution in [0.15, 0.2) is 39.0 Å². The van der Waals surface area contributed by atoms with Crippen LogP contribution in [0.25, 0.3) is 0 Å². The third kappa shape index (κ3) is 3.26. The average Bonchev–Trinajstić information content (AvgIpc) is 2.96. The molecule has 0 radical (unpaired) electrons. The summed E-state index contributed by atoms with van der Waals surface area (Å²) >= 11 is 6.92. The van der Waals surface area contributed by atoms with E-state index >= 15 is 0 Å². The van der Waals surface area contributed by atoms with Crippen molar-refractivity contribution in [2.75, 3.05) is 12.3 Å². The van der Waals surface area contributed by atoms with Crippen LogP contribution < -0.4 is 0 Å². The molecule has 1 aromatic heterocycles. The Morgan fingerprint density at radius 3 is 3.05 bits per heavy atom. The van der Waals surface area contributed by atoms with Crippen molar-refractivity contribution in [2.45, 2.75) is 31.2 Å². The van der Waals surface area contributed by atoms with Gasteiger partial charge in [0, 0.05) is 20.8 Å². The molecule has 2 aromatic rings. The van der Waals surface area contributed by atoms with Crippen LogP contribution in [0.5, 0.6) is 0 Å². The molecule has 0 N–H and O–H groups in total. The van der Waals surface area contributed by atoms with Crippen molar-refractivity contribution in [3.8, 4) is 0 Å². The number of rotatable bonds is 3. The monoisotopic (exact) mass is 395 g/mol. The van der Waals surface area contributed by atoms with E-state index in [9.17, 15) is 4.79 Å². The predicted octanol–water partition coefficient (Wildman–Crippen LogP) is 5.06. The van der Waals surface area contributed by atoms with E-state index in [2.05, 4.69) is 53.4 Å². The van der Waals surface area contributed by atoms with E-state index in [-0.39, 0.29) is 11.9 Å². The van der Waals surface area contributed by atoms with Crippen LogP contribution in [-0.4, -0.2) is 23.1 Å². The van der Waals surface area contributed by atoms with Gasteiger partial charge in [0.15, 0.2) is 0 Å². The molecule has 5 heteroatoms. The highest BCUT2D eigenvalue weighted by molar-refractivity contribution is 9.10. The maximum atomic E-state index is 12.6. The van der Waals surface area contributed by atoms with Crippen molar-refractivity contribution in [1.82, 2.24) is 4.90 Å². The summed E-state index contributed by atoms with van der Waals surface area (Å²) in [5.41, 5.74) is 2.54. The standard InChI is InChI=1S/C17H18BrNOS2/c1-11-9-13(18)3-4-15(11)22-10-17(20)19-7-5-16-14(12(19)2)6-8-21-16/h3-4,6,8-9,12H,5,7,10H2,1-2H3/t12-/m1/s1. The van der Waals surface area contributed by atoms with Crippen LogP contribution in [0.3, 0.4) is 0 Å². The Bertz CT molecular complexity index is 698. The molecular weight excluding hydrogens is 378 g/mol. The number of benzene rings is 1. The lowest BCUT2D eigenvalue weighted by Gasteiger charge is -2.33. The fraction of sp³-hybridized carbons (Fsp3) is 0.353. The highest BCUT2D eigenvalue weighted by atomic mass is 79.9. The van der Waals surface area contributed by atoms with Crippen molar-refractivity contribution >= 4 is 44.9 Å². The maximum absolute atomic E-state index is 12.6. The zero-order chi connectivity index (χ0) is 15.7. The molecule has 0 spiro atoms. The third-order valence-corrected chi connectivity index (χ3v) is 6.74. The number of carbonyl (C=O) groups excluding carboxylic acids is 1. The molecule has 2 nitrogen and oxygen atoms in total. The SMILES string of the molecule is Cc1cc(Br)ccc1SCC(=O)N1CCc2sccc2[C@H]1C. The first-order chi connectivity index (χ1) is 10.6. The molecule has 22 heavy (non-hydrogen) atoms. The lowest BCUT2D eigenvalue weighted by Crippen LogP contribution is -2.39. The minimum atomic E-state index is 0.203. The van der Waals surface area contributed by atoms with E-state index in [0.717, 1.165) is 17.4 Å². The first-order valence-corrected chi connectivity index (χ1v) is 9.97. The zero-order valence-corrected chi connectivity index (χ0v) is 15.9. The Balaban J connectivity index is 1.65. The molecule has 3 rings (SSSR count). The Morgan fingerprint density at radius 1 is 1.45 bits per heavy atom. The Kier molecular flexibility index (Phi) is 4.95. The first kappa shape index (κ1) is 16.1. The quantitative estimate of drug-likeness (QED) is 0.677. The van der Waals surface area contributed by atoms with E-state index in [4.69, 9.17) is 0 Å². The summed E-state index contributed by atoms with van der Waals surface area (Å²) in [6, 6.07) is 8.56. The summed E-state index contributed by atoms with van der Waals surface area (Å²) < 4.78 is 1.08. The Labute approximate surface area is 148 Å². The van der Waals surface area contributed by atoms with Gasteiger partial charge in [-0.3, -0.25) is 4.79 Å². The van der Waals surface area contributed by atoms with Crippen LogP contribution >= 0.6 is 39.0 Å². The molecule has 0 saturated carbocycles. The van der Waals surface area contributed by atoms with Crippen LogP contribution in [0.1, 0.15) is 29.0 Å². The molecule has 0 unspecified atom stereocenters. The largest absolute Gasteiger partial charge is 0.335 e. The van der Waals surface area contributed by atoms with Crippen LogP contribution in [0, 0.1) is 6.92 Å². The molecule has 0 aliphatic carbocycles. The normalized spacial score (nSPS) is 17.4. The van der Waals surface area contributed by atoms with E-state index in [1.807, 2.05) is 22.3 Å². The molecule has 0 bridgehead atoms. The number of nitrogens with zero attached hydrogens (tertiary/aromatic N) is 1. The summed E-state index contributed by atoms with van der Waals surface area (Å²) in [5.74, 6) is 0.739. The van der Waals surface area contributed by atoms with E-state index in [0.29, 0.717) is 5.75 Å². The van der Waals surface area contributed by atoms with Crippen molar-refractivity contribution in [3.05, 3.63) is 50.1 Å². The van der Waals surface area contributed by atoms with Gasteiger partial charge in [-0.1, -0.05) is 15.9 Å². The molecule has 0 fully saturated rings. The first-order valence-electron chi connectivity index (χ1n) is 7.31. The number of aryl methyl sites for hydroxylation is 1. The second kappa shape index (κ2) is 6.77. The summed E-state index contributed by atoms with van der Waals surface area (Å²) in [6.45, 7) is 5.06. The molecule has 0 saturated heterocycles. The lowest BCUT2D eigenvalue weighted by molar-refractivity contribution is -0.130. The number of amides is 1. The van der Waals surface area contributed by atoms with Crippen molar-refractivity contribution in [2.24, 2.45) is 0 Å². The van der Waals surface area contributed by atoms with Crippen molar-refractivity contribution in [1.29, 1.82) is 0 Å². The molecule has 1 aromatic carbocycles. The summed E-state index contributed by atoms with van der Waals surface area (Å²) in [4.78, 5) is 17.2. The molecule has 1 amide bonds. The highest BCUT2D eigenvalue weighted by Gasteiger charge is 2.28. The van der Waals surface area contributed by atoms with Gasteiger partial charge in [0.05, 0.1) is 11.8 Å². The number of hydrogen-bond donors (Lipinski definition) is 0. The summed E-state index contributed by atoms with van der Waals surface area (Å²) in [6.07, 6.45) is 0.991. The van der Waals surface area contributed by atoms with Gasteiger partial charge in [0.2, 0.25) is 5.91 Å². The third-order valence-electron chi connectivity index (χ3n) is 4.09. The van der Waals surface area contributed by atoms with Crippen LogP contribution in [0.4, 0.5) is 0 Å². The topological polar surface area (TPSA) is 20.3 Å². The van der Waals surface area contributed by atoms with Gasteiger partial charge >= 0.3 is 0 Å². The van der Waals surface area contributed by atoms with Crippen LogP contribution in [0.2, 0.25) is 0 Å². The van der Waals surface area contributed by atoms with Gasteiger partial charge in [-0.25, -0.2) is 0 Å². The molecule has 1 atom stereocenters. The van der Waals surface area contributed by atoms with Crippen molar-refractivity contribution < 1.29 is 4.79 Å². The Morgan fingerprint density at radius 2 is 2.27 bits per heavy atom. The molecule has 2 heterocycles. The second-order valence-corrected chi connectivity index (χ2v) is 8.44. The van der Waals surface area contributed by atoms with E-state index in [1.165, 1.54) is 20.9 Å². The molecular formula is C17H18BrNOS2. The number of carbonyl (C=O) groups is 1. The smallest absolute Gasteiger partial charge is 0.233 e. The van der Waals surface area contributed by atoms with Gasteiger partial charge in [0.1, 0.15) is 0 Å². The van der Waals surface area contributed by atoms with E-state index in [1.54, 1.807) is 11.8 Å². The van der Waals surface area contributed by atoms with Gasteiger partial charge in [-0.15, -0.1) is 23.1 Å². The van der Waals surface area contributed by atoms with E-state index < -0.39 is 0 Å². The number of halogens is 1. The predicted molar refractivity (Wildman–Crippen MR) is 97.8 cm³/mol. The van der Waals surface area contributed by atoms with Crippen LogP contribution in [-0.2, 0) is 11.2 Å². The molecule has 1 aliphatic heterocycles. The second-order valence-electron chi connectivity index (χ2n) is 5.51. The minimum Gasteiger partial charge on any atom is -0.335 e. The zero-order valence-electron chi connectivity index (χ0n) is 12.6.